The van der Waals surface area contributed by atoms with E-state index in [1.54, 1.807) is 0 Å². The first-order valence-corrected chi connectivity index (χ1v) is 29.0. The van der Waals surface area contributed by atoms with E-state index in [4.69, 9.17) is 14.2 Å². The van der Waals surface area contributed by atoms with Crippen LogP contribution in [0, 0.1) is 0 Å². The first kappa shape index (κ1) is 63.6. The molecule has 0 spiro atoms. The number of carbonyl (C=O) groups is 3. The topological polar surface area (TPSA) is 78.9 Å². The van der Waals surface area contributed by atoms with Gasteiger partial charge in [0.05, 0.1) is 0 Å². The maximum absolute atomic E-state index is 12.9. The number of unbranched alkanes of at least 4 members (excludes halogenated alkanes) is 38. The first-order valence-electron chi connectivity index (χ1n) is 29.0. The molecular formula is C60H110O6. The Morgan fingerprint density at radius 3 is 0.909 bits per heavy atom. The lowest BCUT2D eigenvalue weighted by Gasteiger charge is -2.18. The van der Waals surface area contributed by atoms with Gasteiger partial charge in [0.15, 0.2) is 6.10 Å². The molecule has 0 aliphatic rings. The Morgan fingerprint density at radius 1 is 0.318 bits per heavy atom. The zero-order valence-corrected chi connectivity index (χ0v) is 44.2. The highest BCUT2D eigenvalue weighted by Crippen LogP contribution is 2.17. The fraction of sp³-hybridized carbons (Fsp3) is 0.850. The van der Waals surface area contributed by atoms with Gasteiger partial charge < -0.3 is 14.2 Å². The van der Waals surface area contributed by atoms with Crippen molar-refractivity contribution in [1.29, 1.82) is 0 Å². The van der Waals surface area contributed by atoms with E-state index in [1.807, 2.05) is 0 Å². The van der Waals surface area contributed by atoms with Crippen LogP contribution in [-0.2, 0) is 28.6 Å². The normalized spacial score (nSPS) is 12.2. The van der Waals surface area contributed by atoms with Crippen molar-refractivity contribution < 1.29 is 28.6 Å². The lowest BCUT2D eigenvalue weighted by molar-refractivity contribution is -0.167. The van der Waals surface area contributed by atoms with E-state index < -0.39 is 6.10 Å². The second-order valence-electron chi connectivity index (χ2n) is 19.6. The summed E-state index contributed by atoms with van der Waals surface area (Å²) in [6.45, 7) is 6.54. The molecule has 0 bridgehead atoms. The average molecular weight is 928 g/mol. The van der Waals surface area contributed by atoms with Gasteiger partial charge in [0, 0.05) is 19.3 Å². The molecule has 0 aliphatic carbocycles. The van der Waals surface area contributed by atoms with Crippen molar-refractivity contribution in [2.24, 2.45) is 0 Å². The summed E-state index contributed by atoms with van der Waals surface area (Å²) in [5.41, 5.74) is 0. The highest BCUT2D eigenvalue weighted by atomic mass is 16.6. The summed E-state index contributed by atoms with van der Waals surface area (Å²) in [5, 5.41) is 0. The first-order chi connectivity index (χ1) is 32.5. The minimum atomic E-state index is -0.776. The van der Waals surface area contributed by atoms with Crippen molar-refractivity contribution in [1.82, 2.24) is 0 Å². The van der Waals surface area contributed by atoms with Crippen molar-refractivity contribution in [3.8, 4) is 0 Å². The number of esters is 3. The van der Waals surface area contributed by atoms with Gasteiger partial charge in [-0.1, -0.05) is 288 Å². The third kappa shape index (κ3) is 52.6. The van der Waals surface area contributed by atoms with Gasteiger partial charge in [0.25, 0.3) is 0 Å². The van der Waals surface area contributed by atoms with Crippen LogP contribution in [0.15, 0.2) is 36.5 Å². The summed E-state index contributed by atoms with van der Waals surface area (Å²) in [7, 11) is 0. The molecule has 0 aliphatic heterocycles. The smallest absolute Gasteiger partial charge is 0.306 e. The SMILES string of the molecule is CC/C=C/C=C/C=C/CCCCCCCC(=O)OCC(COC(=O)CCCCCCCCCCCCCCCCCCCC)OC(=O)CCCCCCCCCCCCCCCCCCC. The van der Waals surface area contributed by atoms with Crippen LogP contribution in [0.1, 0.15) is 310 Å². The van der Waals surface area contributed by atoms with E-state index >= 15 is 0 Å². The number of rotatable bonds is 53. The van der Waals surface area contributed by atoms with E-state index in [0.717, 1.165) is 83.5 Å². The monoisotopic (exact) mass is 927 g/mol. The van der Waals surface area contributed by atoms with E-state index in [2.05, 4.69) is 57.2 Å². The van der Waals surface area contributed by atoms with Crippen LogP contribution in [0.3, 0.4) is 0 Å². The van der Waals surface area contributed by atoms with Crippen LogP contribution in [0.2, 0.25) is 0 Å². The molecule has 0 rings (SSSR count). The number of carbonyl (C=O) groups excluding carboxylic acids is 3. The Bertz CT molecular complexity index is 1110. The Kier molecular flexibility index (Phi) is 53.2. The molecule has 0 aromatic rings. The standard InChI is InChI=1S/C60H110O6/c1-4-7-10-13-16-19-22-25-27-29-31-32-35-38-41-44-47-50-53-59(62)65-56-57(55-64-58(61)52-49-46-43-40-37-34-24-21-18-15-12-9-6-3)66-60(63)54-51-48-45-42-39-36-33-30-28-26-23-20-17-14-11-8-5-2/h9,12,15,18,21,24,57H,4-8,10-11,13-14,16-17,19-20,22-23,25-56H2,1-3H3/b12-9+,18-15+,24-21+. The van der Waals surface area contributed by atoms with Gasteiger partial charge in [-0.3, -0.25) is 14.4 Å². The van der Waals surface area contributed by atoms with Gasteiger partial charge in [-0.2, -0.15) is 0 Å². The molecule has 0 aromatic carbocycles. The summed E-state index contributed by atoms with van der Waals surface area (Å²) in [6, 6.07) is 0. The largest absolute Gasteiger partial charge is 0.462 e. The molecule has 1 unspecified atom stereocenters. The van der Waals surface area contributed by atoms with Crippen LogP contribution < -0.4 is 0 Å². The van der Waals surface area contributed by atoms with Crippen molar-refractivity contribution in [3.63, 3.8) is 0 Å². The van der Waals surface area contributed by atoms with E-state index in [0.29, 0.717) is 19.3 Å². The Balaban J connectivity index is 4.32. The van der Waals surface area contributed by atoms with Gasteiger partial charge >= 0.3 is 17.9 Å². The van der Waals surface area contributed by atoms with Gasteiger partial charge in [-0.05, 0) is 38.5 Å². The number of allylic oxidation sites excluding steroid dienone is 6. The van der Waals surface area contributed by atoms with Gasteiger partial charge in [0.2, 0.25) is 0 Å². The lowest BCUT2D eigenvalue weighted by Crippen LogP contribution is -2.30. The van der Waals surface area contributed by atoms with Crippen LogP contribution in [0.25, 0.3) is 0 Å². The fourth-order valence-corrected chi connectivity index (χ4v) is 8.62. The summed E-state index contributed by atoms with van der Waals surface area (Å²) in [4.78, 5) is 38.1. The Morgan fingerprint density at radius 2 is 0.591 bits per heavy atom. The third-order valence-electron chi connectivity index (χ3n) is 13.0. The van der Waals surface area contributed by atoms with Gasteiger partial charge in [-0.25, -0.2) is 0 Å². The maximum atomic E-state index is 12.9. The van der Waals surface area contributed by atoms with Crippen LogP contribution in [0.5, 0.6) is 0 Å². The molecule has 0 fully saturated rings. The highest BCUT2D eigenvalue weighted by molar-refractivity contribution is 5.71. The predicted molar refractivity (Wildman–Crippen MR) is 284 cm³/mol. The second kappa shape index (κ2) is 55.2. The molecule has 0 aromatic heterocycles. The van der Waals surface area contributed by atoms with Crippen LogP contribution in [-0.4, -0.2) is 37.2 Å². The molecule has 0 N–H and O–H groups in total. The molecule has 386 valence electrons. The zero-order chi connectivity index (χ0) is 47.9. The highest BCUT2D eigenvalue weighted by Gasteiger charge is 2.19. The zero-order valence-electron chi connectivity index (χ0n) is 44.2. The van der Waals surface area contributed by atoms with E-state index in [-0.39, 0.29) is 31.1 Å². The molecular weight excluding hydrogens is 817 g/mol. The van der Waals surface area contributed by atoms with Crippen LogP contribution in [0.4, 0.5) is 0 Å². The molecule has 0 saturated heterocycles. The molecule has 1 atom stereocenters. The number of hydrogen-bond acceptors (Lipinski definition) is 6. The average Bonchev–Trinajstić information content (AvgIpc) is 3.31. The van der Waals surface area contributed by atoms with Crippen LogP contribution >= 0.6 is 0 Å². The molecule has 6 nitrogen and oxygen atoms in total. The fourth-order valence-electron chi connectivity index (χ4n) is 8.62. The van der Waals surface area contributed by atoms with Crippen molar-refractivity contribution in [2.45, 2.75) is 316 Å². The van der Waals surface area contributed by atoms with Crippen molar-refractivity contribution >= 4 is 17.9 Å². The maximum Gasteiger partial charge on any atom is 0.306 e. The van der Waals surface area contributed by atoms with Gasteiger partial charge in [-0.15, -0.1) is 0 Å². The predicted octanol–water partition coefficient (Wildman–Crippen LogP) is 19.3. The van der Waals surface area contributed by atoms with Crippen molar-refractivity contribution in [3.05, 3.63) is 36.5 Å². The second-order valence-corrected chi connectivity index (χ2v) is 19.6. The van der Waals surface area contributed by atoms with E-state index in [1.165, 1.54) is 186 Å². The van der Waals surface area contributed by atoms with Crippen molar-refractivity contribution in [2.75, 3.05) is 13.2 Å². The minimum Gasteiger partial charge on any atom is -0.462 e. The molecule has 66 heavy (non-hydrogen) atoms. The summed E-state index contributed by atoms with van der Waals surface area (Å²) < 4.78 is 16.9. The Hall–Kier alpha value is -2.37. The summed E-state index contributed by atoms with van der Waals surface area (Å²) >= 11 is 0. The minimum absolute atomic E-state index is 0.0738. The molecule has 0 saturated carbocycles. The molecule has 0 radical (unpaired) electrons. The quantitative estimate of drug-likeness (QED) is 0.0262. The molecule has 6 heteroatoms. The Labute approximate surface area is 410 Å². The number of hydrogen-bond donors (Lipinski definition) is 0. The lowest BCUT2D eigenvalue weighted by atomic mass is 10.0. The third-order valence-corrected chi connectivity index (χ3v) is 13.0. The molecule has 0 amide bonds. The summed E-state index contributed by atoms with van der Waals surface area (Å²) in [5.74, 6) is -0.875. The van der Waals surface area contributed by atoms with E-state index in [9.17, 15) is 14.4 Å². The number of ether oxygens (including phenoxy) is 3. The summed E-state index contributed by atoms with van der Waals surface area (Å²) in [6.07, 6.45) is 65.7. The molecule has 0 heterocycles. The van der Waals surface area contributed by atoms with Gasteiger partial charge in [0.1, 0.15) is 13.2 Å².